The van der Waals surface area contributed by atoms with Gasteiger partial charge in [0, 0.05) is 0 Å². The summed E-state index contributed by atoms with van der Waals surface area (Å²) >= 11 is 0. The van der Waals surface area contributed by atoms with Gasteiger partial charge in [0.05, 0.1) is 31.5 Å². The molecule has 0 aliphatic carbocycles. The van der Waals surface area contributed by atoms with Crippen LogP contribution in [0.15, 0.2) is 0 Å². The topological polar surface area (TPSA) is 313 Å². The molecule has 19 nitrogen and oxygen atoms in total. The minimum atomic E-state index is -1.87. The summed E-state index contributed by atoms with van der Waals surface area (Å²) in [6, 6.07) is -1.41. The standard InChI is InChI=1S/C24H43NO18/c1-5-10(28)16(34)19(42-22-9(25)14(32)12(30)7(3-26)39-22)24(38-5)43-20-18(11(29)6(2)37-21(20)36)41-23-17(35)15(33)13(31)8(4-27)40-23/h5-24,26-36H,3-4,25H2,1-2H3/t5-,6-,7+,8+,9+,10-,11-,12+,13+,14+,15-,16+,17+,18+,19+,20+,21+,22-,23+,24-/m0/s1. The van der Waals surface area contributed by atoms with E-state index in [-0.39, 0.29) is 0 Å². The molecular formula is C24H43NO18. The van der Waals surface area contributed by atoms with Gasteiger partial charge in [0.1, 0.15) is 79.4 Å². The Labute approximate surface area is 245 Å². The molecular weight excluding hydrogens is 590 g/mol. The zero-order chi connectivity index (χ0) is 31.9. The molecule has 19 heteroatoms. The smallest absolute Gasteiger partial charge is 0.187 e. The number of hydrogen-bond acceptors (Lipinski definition) is 19. The largest absolute Gasteiger partial charge is 0.394 e. The van der Waals surface area contributed by atoms with Gasteiger partial charge in [-0.25, -0.2) is 0 Å². The number of ether oxygens (including phenoxy) is 7. The fourth-order valence-electron chi connectivity index (χ4n) is 5.43. The zero-order valence-electron chi connectivity index (χ0n) is 23.3. The monoisotopic (exact) mass is 633 g/mol. The predicted octanol–water partition coefficient (Wildman–Crippen LogP) is -7.73. The summed E-state index contributed by atoms with van der Waals surface area (Å²) in [4.78, 5) is 0. The Kier molecular flexibility index (Phi) is 11.7. The van der Waals surface area contributed by atoms with Crippen LogP contribution in [0.2, 0.25) is 0 Å². The third-order valence-corrected chi connectivity index (χ3v) is 8.21. The van der Waals surface area contributed by atoms with E-state index in [1.807, 2.05) is 0 Å². The van der Waals surface area contributed by atoms with Crippen LogP contribution in [-0.2, 0) is 33.2 Å². The van der Waals surface area contributed by atoms with Crippen molar-refractivity contribution in [2.45, 2.75) is 137 Å². The lowest BCUT2D eigenvalue weighted by Crippen LogP contribution is -2.68. The minimum absolute atomic E-state index is 0.729. The second-order valence-corrected chi connectivity index (χ2v) is 11.2. The molecule has 0 aromatic carbocycles. The minimum Gasteiger partial charge on any atom is -0.394 e. The van der Waals surface area contributed by atoms with Crippen molar-refractivity contribution in [2.75, 3.05) is 13.2 Å². The van der Waals surface area contributed by atoms with Crippen LogP contribution in [0.5, 0.6) is 0 Å². The molecule has 4 aliphatic heterocycles. The molecule has 0 aromatic heterocycles. The van der Waals surface area contributed by atoms with E-state index in [0.717, 1.165) is 0 Å². The average Bonchev–Trinajstić information content (AvgIpc) is 2.98. The quantitative estimate of drug-likeness (QED) is 0.118. The van der Waals surface area contributed by atoms with Crippen LogP contribution in [0.25, 0.3) is 0 Å². The zero-order valence-corrected chi connectivity index (χ0v) is 23.3. The lowest BCUT2D eigenvalue weighted by atomic mass is 9.96. The molecule has 43 heavy (non-hydrogen) atoms. The summed E-state index contributed by atoms with van der Waals surface area (Å²) in [5.74, 6) is 0. The summed E-state index contributed by atoms with van der Waals surface area (Å²) in [7, 11) is 0. The summed E-state index contributed by atoms with van der Waals surface area (Å²) in [6.45, 7) is 1.28. The Morgan fingerprint density at radius 2 is 1.00 bits per heavy atom. The van der Waals surface area contributed by atoms with Crippen LogP contribution in [0.3, 0.4) is 0 Å². The Hall–Kier alpha value is -0.760. The van der Waals surface area contributed by atoms with Gasteiger partial charge in [0.15, 0.2) is 25.2 Å². The highest BCUT2D eigenvalue weighted by Gasteiger charge is 2.54. The lowest BCUT2D eigenvalue weighted by Gasteiger charge is -2.49. The molecule has 252 valence electrons. The van der Waals surface area contributed by atoms with Gasteiger partial charge in [-0.05, 0) is 13.8 Å². The first-order valence-electron chi connectivity index (χ1n) is 13.9. The Morgan fingerprint density at radius 3 is 1.60 bits per heavy atom. The number of hydrogen-bond donors (Lipinski definition) is 12. The van der Waals surface area contributed by atoms with E-state index in [9.17, 15) is 56.2 Å². The summed E-state index contributed by atoms with van der Waals surface area (Å²) in [5, 5.41) is 113. The second-order valence-electron chi connectivity index (χ2n) is 11.2. The van der Waals surface area contributed by atoms with E-state index >= 15 is 0 Å². The maximum absolute atomic E-state index is 10.9. The number of nitrogens with two attached hydrogens (primary N) is 1. The van der Waals surface area contributed by atoms with E-state index in [4.69, 9.17) is 38.9 Å². The van der Waals surface area contributed by atoms with Crippen molar-refractivity contribution < 1.29 is 89.3 Å². The molecule has 0 saturated carbocycles. The molecule has 0 spiro atoms. The van der Waals surface area contributed by atoms with Gasteiger partial charge in [-0.15, -0.1) is 0 Å². The van der Waals surface area contributed by atoms with Crippen molar-refractivity contribution in [3.8, 4) is 0 Å². The molecule has 13 N–H and O–H groups in total. The van der Waals surface area contributed by atoms with Crippen molar-refractivity contribution >= 4 is 0 Å². The molecule has 4 rings (SSSR count). The number of rotatable bonds is 8. The molecule has 4 heterocycles. The van der Waals surface area contributed by atoms with Crippen LogP contribution in [0.1, 0.15) is 13.8 Å². The van der Waals surface area contributed by atoms with Gasteiger partial charge in [0.2, 0.25) is 0 Å². The van der Waals surface area contributed by atoms with Gasteiger partial charge >= 0.3 is 0 Å². The van der Waals surface area contributed by atoms with E-state index in [0.29, 0.717) is 0 Å². The average molecular weight is 634 g/mol. The highest BCUT2D eigenvalue weighted by Crippen LogP contribution is 2.34. The lowest BCUT2D eigenvalue weighted by molar-refractivity contribution is -0.396. The Morgan fingerprint density at radius 1 is 0.488 bits per heavy atom. The van der Waals surface area contributed by atoms with Crippen molar-refractivity contribution in [1.29, 1.82) is 0 Å². The van der Waals surface area contributed by atoms with Gasteiger partial charge in [0.25, 0.3) is 0 Å². The molecule has 0 radical (unpaired) electrons. The van der Waals surface area contributed by atoms with Crippen LogP contribution < -0.4 is 5.73 Å². The predicted molar refractivity (Wildman–Crippen MR) is 133 cm³/mol. The number of aliphatic hydroxyl groups excluding tert-OH is 11. The second kappa shape index (κ2) is 14.3. The highest BCUT2D eigenvalue weighted by molar-refractivity contribution is 4.97. The van der Waals surface area contributed by atoms with Crippen LogP contribution in [0, 0.1) is 0 Å². The molecule has 0 amide bonds. The summed E-state index contributed by atoms with van der Waals surface area (Å²) in [5.41, 5.74) is 5.95. The molecule has 4 fully saturated rings. The van der Waals surface area contributed by atoms with Gasteiger partial charge in [-0.2, -0.15) is 0 Å². The van der Waals surface area contributed by atoms with Gasteiger partial charge in [-0.1, -0.05) is 0 Å². The molecule has 4 saturated heterocycles. The van der Waals surface area contributed by atoms with Crippen LogP contribution in [-0.4, -0.2) is 192 Å². The summed E-state index contributed by atoms with van der Waals surface area (Å²) in [6.07, 6.45) is -30.1. The molecule has 4 aliphatic rings. The molecule has 0 aromatic rings. The molecule has 20 atom stereocenters. The van der Waals surface area contributed by atoms with E-state index < -0.39 is 136 Å². The fourth-order valence-corrected chi connectivity index (χ4v) is 5.43. The van der Waals surface area contributed by atoms with E-state index in [1.165, 1.54) is 13.8 Å². The maximum atomic E-state index is 10.9. The maximum Gasteiger partial charge on any atom is 0.187 e. The van der Waals surface area contributed by atoms with E-state index in [2.05, 4.69) is 0 Å². The first-order chi connectivity index (χ1) is 20.2. The van der Waals surface area contributed by atoms with Crippen molar-refractivity contribution in [1.82, 2.24) is 0 Å². The van der Waals surface area contributed by atoms with Crippen molar-refractivity contribution in [3.05, 3.63) is 0 Å². The van der Waals surface area contributed by atoms with Crippen molar-refractivity contribution in [2.24, 2.45) is 5.73 Å². The number of aliphatic hydroxyl groups is 11. The normalized spacial score (nSPS) is 54.8. The van der Waals surface area contributed by atoms with Gasteiger partial charge < -0.3 is 95.1 Å². The van der Waals surface area contributed by atoms with Crippen LogP contribution in [0.4, 0.5) is 0 Å². The first kappa shape index (κ1) is 35.1. The highest BCUT2D eigenvalue weighted by atomic mass is 16.8. The third kappa shape index (κ3) is 7.00. The first-order valence-corrected chi connectivity index (χ1v) is 13.9. The Bertz CT molecular complexity index is 887. The van der Waals surface area contributed by atoms with Crippen LogP contribution >= 0.6 is 0 Å². The van der Waals surface area contributed by atoms with Crippen molar-refractivity contribution in [3.63, 3.8) is 0 Å². The fraction of sp³-hybridized carbons (Fsp3) is 1.00. The van der Waals surface area contributed by atoms with Gasteiger partial charge in [-0.3, -0.25) is 0 Å². The molecule has 0 bridgehead atoms. The summed E-state index contributed by atoms with van der Waals surface area (Å²) < 4.78 is 39.2. The molecule has 0 unspecified atom stereocenters. The SMILES string of the molecule is C[C@@H]1O[C@@H](O[C@@H]2[C@H](O[C@H]3O[C@H](CO)[C@@H](O)[C@H](O)[C@H]3O)[C@@H](O)[C@H](C)O[C@H]2O)[C@H](O[C@@H]2O[C@H](CO)[C@@H](O)[C@H](O)[C@H]2N)[C@H](O)[C@H]1O. The third-order valence-electron chi connectivity index (χ3n) is 8.21. The Balaban J connectivity index is 1.58. The van der Waals surface area contributed by atoms with E-state index in [1.54, 1.807) is 0 Å².